The monoisotopic (exact) mass is 223 g/mol. The minimum atomic E-state index is 0.759. The third-order valence-electron chi connectivity index (χ3n) is 2.92. The predicted octanol–water partition coefficient (Wildman–Crippen LogP) is 3.12. The molecule has 0 unspecified atom stereocenters. The molecule has 3 rings (SSSR count). The second kappa shape index (κ2) is 3.63. The van der Waals surface area contributed by atoms with Gasteiger partial charge in [0.2, 0.25) is 0 Å². The fourth-order valence-corrected chi connectivity index (χ4v) is 2.12. The molecular formula is C14H13N3. The molecule has 0 aliphatic heterocycles. The highest BCUT2D eigenvalue weighted by Gasteiger charge is 2.10. The number of H-pyrrole nitrogens is 1. The molecule has 0 fully saturated rings. The number of aromatic nitrogens is 2. The largest absolute Gasteiger partial charge is 0.398 e. The van der Waals surface area contributed by atoms with Crippen LogP contribution in [0.25, 0.3) is 22.0 Å². The maximum Gasteiger partial charge on any atom is 0.0950 e. The van der Waals surface area contributed by atoms with Crippen LogP contribution < -0.4 is 5.73 Å². The summed E-state index contributed by atoms with van der Waals surface area (Å²) in [6.45, 7) is 1.98. The van der Waals surface area contributed by atoms with E-state index in [0.717, 1.165) is 28.0 Å². The molecule has 2 aromatic carbocycles. The normalized spacial score (nSPS) is 10.9. The van der Waals surface area contributed by atoms with E-state index in [1.54, 1.807) is 0 Å². The number of nitrogens with zero attached hydrogens (tertiary/aromatic N) is 1. The molecule has 3 heteroatoms. The average Bonchev–Trinajstić information content (AvgIpc) is 2.75. The molecule has 3 aromatic rings. The SMILES string of the molecule is Cc1cc(-c2c(N)ccc3ccccc23)n[nH]1. The van der Waals surface area contributed by atoms with Gasteiger partial charge in [0.1, 0.15) is 0 Å². The zero-order valence-electron chi connectivity index (χ0n) is 9.57. The number of nitrogens with one attached hydrogen (secondary N) is 1. The maximum absolute atomic E-state index is 6.07. The number of hydrogen-bond donors (Lipinski definition) is 2. The van der Waals surface area contributed by atoms with Crippen molar-refractivity contribution in [2.75, 3.05) is 5.73 Å². The molecule has 17 heavy (non-hydrogen) atoms. The summed E-state index contributed by atoms with van der Waals surface area (Å²) < 4.78 is 0. The Balaban J connectivity index is 2.38. The Bertz CT molecular complexity index is 683. The second-order valence-corrected chi connectivity index (χ2v) is 4.19. The lowest BCUT2D eigenvalue weighted by Gasteiger charge is -2.07. The van der Waals surface area contributed by atoms with Crippen LogP contribution in [0.4, 0.5) is 5.69 Å². The number of benzene rings is 2. The number of fused-ring (bicyclic) bond motifs is 1. The first-order valence-electron chi connectivity index (χ1n) is 5.55. The lowest BCUT2D eigenvalue weighted by molar-refractivity contribution is 1.05. The molecule has 3 nitrogen and oxygen atoms in total. The Kier molecular flexibility index (Phi) is 2.11. The quantitative estimate of drug-likeness (QED) is 0.623. The van der Waals surface area contributed by atoms with Crippen LogP contribution in [0.15, 0.2) is 42.5 Å². The van der Waals surface area contributed by atoms with E-state index < -0.39 is 0 Å². The van der Waals surface area contributed by atoms with Crippen LogP contribution in [0.2, 0.25) is 0 Å². The molecule has 0 aliphatic carbocycles. The summed E-state index contributed by atoms with van der Waals surface area (Å²) in [5, 5.41) is 9.56. The van der Waals surface area contributed by atoms with Crippen molar-refractivity contribution in [3.05, 3.63) is 48.2 Å². The number of aromatic amines is 1. The standard InChI is InChI=1S/C14H13N3/c1-9-8-13(17-16-9)14-11-5-3-2-4-10(11)6-7-12(14)15/h2-8H,15H2,1H3,(H,16,17). The van der Waals surface area contributed by atoms with Crippen LogP contribution in [-0.4, -0.2) is 10.2 Å². The number of rotatable bonds is 1. The van der Waals surface area contributed by atoms with Gasteiger partial charge in [-0.05, 0) is 29.8 Å². The van der Waals surface area contributed by atoms with Crippen molar-refractivity contribution in [1.82, 2.24) is 10.2 Å². The van der Waals surface area contributed by atoms with E-state index in [1.165, 1.54) is 5.39 Å². The van der Waals surface area contributed by atoms with Gasteiger partial charge in [0, 0.05) is 16.9 Å². The third kappa shape index (κ3) is 1.56. The lowest BCUT2D eigenvalue weighted by atomic mass is 10.0. The maximum atomic E-state index is 6.07. The van der Waals surface area contributed by atoms with Crippen LogP contribution in [-0.2, 0) is 0 Å². The van der Waals surface area contributed by atoms with E-state index in [9.17, 15) is 0 Å². The molecular weight excluding hydrogens is 210 g/mol. The topological polar surface area (TPSA) is 54.7 Å². The van der Waals surface area contributed by atoms with E-state index in [2.05, 4.69) is 22.3 Å². The second-order valence-electron chi connectivity index (χ2n) is 4.19. The Morgan fingerprint density at radius 3 is 2.71 bits per heavy atom. The van der Waals surface area contributed by atoms with Gasteiger partial charge >= 0.3 is 0 Å². The zero-order valence-corrected chi connectivity index (χ0v) is 9.57. The van der Waals surface area contributed by atoms with Crippen LogP contribution in [0.5, 0.6) is 0 Å². The fourth-order valence-electron chi connectivity index (χ4n) is 2.12. The molecule has 1 heterocycles. The van der Waals surface area contributed by atoms with E-state index >= 15 is 0 Å². The van der Waals surface area contributed by atoms with Crippen LogP contribution >= 0.6 is 0 Å². The molecule has 1 aromatic heterocycles. The van der Waals surface area contributed by atoms with Gasteiger partial charge in [-0.15, -0.1) is 0 Å². The number of hydrogen-bond acceptors (Lipinski definition) is 2. The Hall–Kier alpha value is -2.29. The van der Waals surface area contributed by atoms with Crippen LogP contribution in [0.1, 0.15) is 5.69 Å². The van der Waals surface area contributed by atoms with E-state index in [1.807, 2.05) is 37.3 Å². The molecule has 0 bridgehead atoms. The number of aryl methyl sites for hydroxylation is 1. The van der Waals surface area contributed by atoms with Crippen molar-refractivity contribution < 1.29 is 0 Å². The third-order valence-corrected chi connectivity index (χ3v) is 2.92. The highest BCUT2D eigenvalue weighted by atomic mass is 15.1. The van der Waals surface area contributed by atoms with Gasteiger partial charge in [-0.1, -0.05) is 30.3 Å². The Morgan fingerprint density at radius 2 is 1.94 bits per heavy atom. The van der Waals surface area contributed by atoms with Gasteiger partial charge in [0.05, 0.1) is 5.69 Å². The first kappa shape index (κ1) is 9.90. The van der Waals surface area contributed by atoms with Crippen molar-refractivity contribution in [2.24, 2.45) is 0 Å². The van der Waals surface area contributed by atoms with E-state index in [0.29, 0.717) is 0 Å². The molecule has 3 N–H and O–H groups in total. The highest BCUT2D eigenvalue weighted by Crippen LogP contribution is 2.32. The first-order chi connectivity index (χ1) is 8.25. The summed E-state index contributed by atoms with van der Waals surface area (Å²) in [5.74, 6) is 0. The van der Waals surface area contributed by atoms with Gasteiger partial charge in [-0.2, -0.15) is 5.10 Å². The smallest absolute Gasteiger partial charge is 0.0950 e. The summed E-state index contributed by atoms with van der Waals surface area (Å²) in [6.07, 6.45) is 0. The van der Waals surface area contributed by atoms with Gasteiger partial charge in [0.25, 0.3) is 0 Å². The molecule has 0 saturated carbocycles. The van der Waals surface area contributed by atoms with Gasteiger partial charge in [-0.3, -0.25) is 5.10 Å². The Morgan fingerprint density at radius 1 is 1.12 bits per heavy atom. The van der Waals surface area contributed by atoms with Gasteiger partial charge in [0.15, 0.2) is 0 Å². The van der Waals surface area contributed by atoms with Gasteiger partial charge < -0.3 is 5.73 Å². The molecule has 0 saturated heterocycles. The van der Waals surface area contributed by atoms with Crippen LogP contribution in [0.3, 0.4) is 0 Å². The highest BCUT2D eigenvalue weighted by molar-refractivity contribution is 6.01. The molecule has 0 spiro atoms. The van der Waals surface area contributed by atoms with Crippen molar-refractivity contribution in [3.8, 4) is 11.3 Å². The molecule has 0 atom stereocenters. The Labute approximate surface area is 99.3 Å². The minimum Gasteiger partial charge on any atom is -0.398 e. The first-order valence-corrected chi connectivity index (χ1v) is 5.55. The van der Waals surface area contributed by atoms with Crippen molar-refractivity contribution in [2.45, 2.75) is 6.92 Å². The van der Waals surface area contributed by atoms with Crippen molar-refractivity contribution in [1.29, 1.82) is 0 Å². The number of anilines is 1. The molecule has 84 valence electrons. The lowest BCUT2D eigenvalue weighted by Crippen LogP contribution is -1.91. The number of nitrogen functional groups attached to an aromatic ring is 1. The summed E-state index contributed by atoms with van der Waals surface area (Å²) in [6, 6.07) is 14.2. The summed E-state index contributed by atoms with van der Waals surface area (Å²) in [4.78, 5) is 0. The average molecular weight is 223 g/mol. The van der Waals surface area contributed by atoms with E-state index in [4.69, 9.17) is 5.73 Å². The summed E-state index contributed by atoms with van der Waals surface area (Å²) in [5.41, 5.74) is 9.77. The van der Waals surface area contributed by atoms with Crippen molar-refractivity contribution in [3.63, 3.8) is 0 Å². The fraction of sp³-hybridized carbons (Fsp3) is 0.0714. The minimum absolute atomic E-state index is 0.759. The molecule has 0 aliphatic rings. The van der Waals surface area contributed by atoms with E-state index in [-0.39, 0.29) is 0 Å². The van der Waals surface area contributed by atoms with Crippen LogP contribution in [0, 0.1) is 6.92 Å². The predicted molar refractivity (Wildman–Crippen MR) is 70.7 cm³/mol. The van der Waals surface area contributed by atoms with Crippen molar-refractivity contribution >= 4 is 16.5 Å². The zero-order chi connectivity index (χ0) is 11.8. The van der Waals surface area contributed by atoms with Gasteiger partial charge in [-0.25, -0.2) is 0 Å². The summed E-state index contributed by atoms with van der Waals surface area (Å²) in [7, 11) is 0. The number of nitrogens with two attached hydrogens (primary N) is 1. The molecule has 0 radical (unpaired) electrons. The summed E-state index contributed by atoms with van der Waals surface area (Å²) >= 11 is 0. The molecule has 0 amide bonds.